The van der Waals surface area contributed by atoms with Gasteiger partial charge in [0.2, 0.25) is 11.0 Å². The van der Waals surface area contributed by atoms with E-state index in [-0.39, 0.29) is 11.3 Å². The summed E-state index contributed by atoms with van der Waals surface area (Å²) in [6.45, 7) is 8.73. The fourth-order valence-corrected chi connectivity index (χ4v) is 3.81. The Balaban J connectivity index is 1.81. The van der Waals surface area contributed by atoms with E-state index in [2.05, 4.69) is 67.5 Å². The Morgan fingerprint density at radius 3 is 2.54 bits per heavy atom. The summed E-state index contributed by atoms with van der Waals surface area (Å²) >= 11 is 3.11. The van der Waals surface area contributed by atoms with E-state index in [1.807, 2.05) is 0 Å². The first-order valence-corrected chi connectivity index (χ1v) is 10.0. The van der Waals surface area contributed by atoms with Crippen LogP contribution in [0.2, 0.25) is 0 Å². The molecule has 0 bridgehead atoms. The minimum Gasteiger partial charge on any atom is -0.300 e. The van der Waals surface area contributed by atoms with Gasteiger partial charge in [0, 0.05) is 12.2 Å². The molecule has 2 rings (SSSR count). The third kappa shape index (κ3) is 5.91. The zero-order valence-corrected chi connectivity index (χ0v) is 16.4. The van der Waals surface area contributed by atoms with Crippen molar-refractivity contribution in [1.29, 1.82) is 0 Å². The molecule has 0 aliphatic carbocycles. The van der Waals surface area contributed by atoms with Crippen LogP contribution in [0.25, 0.3) is 0 Å². The molecule has 0 aliphatic rings. The van der Waals surface area contributed by atoms with E-state index in [1.54, 1.807) is 11.8 Å². The van der Waals surface area contributed by atoms with Crippen LogP contribution in [-0.2, 0) is 16.6 Å². The number of benzene rings is 1. The monoisotopic (exact) mass is 363 g/mol. The highest BCUT2D eigenvalue weighted by atomic mass is 32.2. The maximum Gasteiger partial charge on any atom is 0.226 e. The number of nitrogens with zero attached hydrogens (tertiary/aromatic N) is 2. The van der Waals surface area contributed by atoms with Gasteiger partial charge in [0.15, 0.2) is 4.34 Å². The number of hydrogen-bond acceptors (Lipinski definition) is 5. The van der Waals surface area contributed by atoms with Crippen molar-refractivity contribution in [2.24, 2.45) is 0 Å². The van der Waals surface area contributed by atoms with Crippen LogP contribution < -0.4 is 5.32 Å². The second kappa shape index (κ2) is 8.62. The standard InChI is InChI=1S/C18H25N3OS2/c1-5-12-23-17-21-20-16(24-17)19-15(22)11-8-13-6-9-14(10-7-13)18(2,3)4/h6-7,9-10H,5,8,11-12H2,1-4H3,(H,19,20,22). The number of aromatic nitrogens is 2. The van der Waals surface area contributed by atoms with Gasteiger partial charge in [0.05, 0.1) is 0 Å². The van der Waals surface area contributed by atoms with E-state index in [1.165, 1.54) is 22.5 Å². The molecule has 0 spiro atoms. The molecule has 24 heavy (non-hydrogen) atoms. The average molecular weight is 364 g/mol. The van der Waals surface area contributed by atoms with Crippen LogP contribution in [0.3, 0.4) is 0 Å². The van der Waals surface area contributed by atoms with Crippen molar-refractivity contribution in [2.45, 2.75) is 56.7 Å². The SMILES string of the molecule is CCCSc1nnc(NC(=O)CCc2ccc(C(C)(C)C)cc2)s1. The van der Waals surface area contributed by atoms with Crippen molar-refractivity contribution in [1.82, 2.24) is 10.2 Å². The zero-order chi connectivity index (χ0) is 17.6. The second-order valence-corrected chi connectivity index (χ2v) is 9.04. The highest BCUT2D eigenvalue weighted by Crippen LogP contribution is 2.26. The third-order valence-corrected chi connectivity index (χ3v) is 5.72. The lowest BCUT2D eigenvalue weighted by molar-refractivity contribution is -0.116. The summed E-state index contributed by atoms with van der Waals surface area (Å²) in [5.41, 5.74) is 2.64. The number of hydrogen-bond donors (Lipinski definition) is 1. The van der Waals surface area contributed by atoms with E-state index in [9.17, 15) is 4.79 Å². The molecule has 1 N–H and O–H groups in total. The van der Waals surface area contributed by atoms with Crippen molar-refractivity contribution in [3.63, 3.8) is 0 Å². The molecular formula is C18H25N3OS2. The highest BCUT2D eigenvalue weighted by molar-refractivity contribution is 8.01. The fourth-order valence-electron chi connectivity index (χ4n) is 2.12. The summed E-state index contributed by atoms with van der Waals surface area (Å²) < 4.78 is 0.907. The topological polar surface area (TPSA) is 54.9 Å². The number of nitrogens with one attached hydrogen (secondary N) is 1. The maximum absolute atomic E-state index is 12.1. The molecule has 0 aliphatic heterocycles. The Labute approximate surface area is 152 Å². The summed E-state index contributed by atoms with van der Waals surface area (Å²) in [4.78, 5) is 12.1. The molecule has 1 aromatic heterocycles. The van der Waals surface area contributed by atoms with E-state index in [0.717, 1.165) is 22.9 Å². The van der Waals surface area contributed by atoms with Crippen LogP contribution in [-0.4, -0.2) is 21.9 Å². The van der Waals surface area contributed by atoms with Crippen molar-refractivity contribution in [3.05, 3.63) is 35.4 Å². The van der Waals surface area contributed by atoms with Gasteiger partial charge in [-0.2, -0.15) is 0 Å². The van der Waals surface area contributed by atoms with Crippen LogP contribution in [0.15, 0.2) is 28.6 Å². The Kier molecular flexibility index (Phi) is 6.80. The normalized spacial score (nSPS) is 11.5. The quantitative estimate of drug-likeness (QED) is 0.561. The molecule has 0 saturated carbocycles. The van der Waals surface area contributed by atoms with Crippen molar-refractivity contribution >= 4 is 34.1 Å². The van der Waals surface area contributed by atoms with Crippen molar-refractivity contribution in [2.75, 3.05) is 11.1 Å². The smallest absolute Gasteiger partial charge is 0.226 e. The van der Waals surface area contributed by atoms with Crippen molar-refractivity contribution < 1.29 is 4.79 Å². The highest BCUT2D eigenvalue weighted by Gasteiger charge is 2.13. The number of carbonyl (C=O) groups excluding carboxylic acids is 1. The van der Waals surface area contributed by atoms with Crippen LogP contribution in [0.1, 0.15) is 51.7 Å². The summed E-state index contributed by atoms with van der Waals surface area (Å²) in [5, 5.41) is 11.5. The lowest BCUT2D eigenvalue weighted by Crippen LogP contribution is -2.13. The molecule has 0 saturated heterocycles. The molecule has 6 heteroatoms. The molecule has 2 aromatic rings. The molecule has 130 valence electrons. The minimum atomic E-state index is -0.0157. The number of thioether (sulfide) groups is 1. The molecule has 4 nitrogen and oxygen atoms in total. The van der Waals surface area contributed by atoms with Crippen molar-refractivity contribution in [3.8, 4) is 0 Å². The number of anilines is 1. The van der Waals surface area contributed by atoms with Gasteiger partial charge in [-0.05, 0) is 29.4 Å². The molecule has 0 unspecified atom stereocenters. The maximum atomic E-state index is 12.1. The molecular weight excluding hydrogens is 338 g/mol. The van der Waals surface area contributed by atoms with Gasteiger partial charge in [-0.3, -0.25) is 4.79 Å². The first kappa shape index (κ1) is 18.9. The lowest BCUT2D eigenvalue weighted by Gasteiger charge is -2.19. The van der Waals surface area contributed by atoms with Crippen LogP contribution >= 0.6 is 23.1 Å². The van der Waals surface area contributed by atoms with Crippen LogP contribution in [0.4, 0.5) is 5.13 Å². The minimum absolute atomic E-state index is 0.0157. The summed E-state index contributed by atoms with van der Waals surface area (Å²) in [7, 11) is 0. The number of amides is 1. The van der Waals surface area contributed by atoms with Gasteiger partial charge in [-0.1, -0.05) is 75.1 Å². The average Bonchev–Trinajstić information content (AvgIpc) is 2.98. The molecule has 0 atom stereocenters. The Bertz CT molecular complexity index is 660. The molecule has 1 amide bonds. The van der Waals surface area contributed by atoms with Gasteiger partial charge in [0.25, 0.3) is 0 Å². The molecule has 0 radical (unpaired) electrons. The van der Waals surface area contributed by atoms with Gasteiger partial charge < -0.3 is 5.32 Å². The third-order valence-electron chi connectivity index (χ3n) is 3.54. The molecule has 1 aromatic carbocycles. The zero-order valence-electron chi connectivity index (χ0n) is 14.8. The molecule has 0 fully saturated rings. The van der Waals surface area contributed by atoms with E-state index < -0.39 is 0 Å². The van der Waals surface area contributed by atoms with Gasteiger partial charge in [0.1, 0.15) is 0 Å². The van der Waals surface area contributed by atoms with Gasteiger partial charge >= 0.3 is 0 Å². The predicted octanol–water partition coefficient (Wildman–Crippen LogP) is 4.91. The Morgan fingerprint density at radius 2 is 1.92 bits per heavy atom. The van der Waals surface area contributed by atoms with Gasteiger partial charge in [-0.25, -0.2) is 0 Å². The first-order chi connectivity index (χ1) is 11.4. The van der Waals surface area contributed by atoms with E-state index >= 15 is 0 Å². The van der Waals surface area contributed by atoms with E-state index in [0.29, 0.717) is 11.6 Å². The largest absolute Gasteiger partial charge is 0.300 e. The number of rotatable bonds is 7. The summed E-state index contributed by atoms with van der Waals surface area (Å²) in [6.07, 6.45) is 2.28. The first-order valence-electron chi connectivity index (χ1n) is 8.24. The summed E-state index contributed by atoms with van der Waals surface area (Å²) in [5.74, 6) is 1.01. The molecule has 1 heterocycles. The van der Waals surface area contributed by atoms with Crippen LogP contribution in [0, 0.1) is 0 Å². The Morgan fingerprint density at radius 1 is 1.21 bits per heavy atom. The Hall–Kier alpha value is -1.40. The fraction of sp³-hybridized carbons (Fsp3) is 0.500. The predicted molar refractivity (Wildman–Crippen MR) is 103 cm³/mol. The summed E-state index contributed by atoms with van der Waals surface area (Å²) in [6, 6.07) is 8.51. The number of carbonyl (C=O) groups is 1. The van der Waals surface area contributed by atoms with Gasteiger partial charge in [-0.15, -0.1) is 10.2 Å². The van der Waals surface area contributed by atoms with Crippen LogP contribution in [0.5, 0.6) is 0 Å². The van der Waals surface area contributed by atoms with E-state index in [4.69, 9.17) is 0 Å². The number of aryl methyl sites for hydroxylation is 1. The lowest BCUT2D eigenvalue weighted by atomic mass is 9.86. The second-order valence-electron chi connectivity index (χ2n) is 6.72.